The van der Waals surface area contributed by atoms with Gasteiger partial charge in [0.15, 0.2) is 0 Å². The van der Waals surface area contributed by atoms with Gasteiger partial charge in [-0.2, -0.15) is 0 Å². The molecule has 16 aromatic rings. The monoisotopic (exact) mass is 1950 g/mol. The van der Waals surface area contributed by atoms with Crippen molar-refractivity contribution in [2.24, 2.45) is 27.8 Å². The molecule has 16 aromatic carbocycles. The van der Waals surface area contributed by atoms with E-state index in [2.05, 4.69) is 82.1 Å². The van der Waals surface area contributed by atoms with Gasteiger partial charge in [0.25, 0.3) is 7.29 Å². The Morgan fingerprint density at radius 1 is 0.197 bits per heavy atom. The van der Waals surface area contributed by atoms with Crippen molar-refractivity contribution in [3.63, 3.8) is 0 Å². The summed E-state index contributed by atoms with van der Waals surface area (Å²) in [4.78, 5) is 0. The molecule has 0 heterocycles. The Morgan fingerprint density at radius 3 is 0.621 bits per heavy atom. The molecule has 132 heavy (non-hydrogen) atoms. The molecule has 0 fully saturated rings. The van der Waals surface area contributed by atoms with Crippen LogP contribution in [0.15, 0.2) is 513 Å². The first kappa shape index (κ1) is 105. The van der Waals surface area contributed by atoms with Crippen LogP contribution in [0.2, 0.25) is 0 Å². The van der Waals surface area contributed by atoms with Gasteiger partial charge >= 0.3 is 0 Å². The molecule has 0 saturated heterocycles. The zero-order valence-corrected chi connectivity index (χ0v) is 80.9. The van der Waals surface area contributed by atoms with Gasteiger partial charge in [-0.1, -0.05) is 367 Å². The van der Waals surface area contributed by atoms with Gasteiger partial charge in [0.05, 0.1) is 0 Å². The van der Waals surface area contributed by atoms with Gasteiger partial charge in [0.2, 0.25) is 36.5 Å². The van der Waals surface area contributed by atoms with Crippen LogP contribution in [0.3, 0.4) is 0 Å². The van der Waals surface area contributed by atoms with Gasteiger partial charge in [0.1, 0.15) is 0 Å². The van der Waals surface area contributed by atoms with Crippen molar-refractivity contribution in [3.8, 4) is 0 Å². The van der Waals surface area contributed by atoms with Crippen LogP contribution in [0.1, 0.15) is 47.0 Å². The molecule has 0 atom stereocenters. The van der Waals surface area contributed by atoms with E-state index in [1.54, 1.807) is 12.4 Å². The second kappa shape index (κ2) is 52.2. The summed E-state index contributed by atoms with van der Waals surface area (Å²) in [5, 5.41) is 12.6. The summed E-state index contributed by atoms with van der Waals surface area (Å²) in [6, 6.07) is 155. The van der Waals surface area contributed by atoms with Crippen molar-refractivity contribution in [1.82, 2.24) is 0 Å². The topological polar surface area (TPSA) is 177 Å². The van der Waals surface area contributed by atoms with E-state index in [1.807, 2.05) is 419 Å². The van der Waals surface area contributed by atoms with Gasteiger partial charge < -0.3 is 0 Å². The Labute approximate surface area is 842 Å². The SMILES string of the molecule is C.C.O=P(N=CCCCCCCP(=NP(=O)(c1ccccc1)c1ccccc1)(c1ccccc1)c1ccccc1)(c1ccccc1)c1ccccc1.O=P(N=CCP(=NP(=O)(c1ccccc1)c1ccccc1)(c1ccccc1)c1ccccc1)(c1ccccc1)c1ccccc1.O=P(N=CCP=NP(=O)(c1ccccc1)c1ccccc1)(c1ccccc1)c1ccccc1.[Ar].[Ar]. The molecule has 0 aliphatic heterocycles. The molecule has 0 radical (unpaired) electrons. The zero-order chi connectivity index (χ0) is 88.5. The van der Waals surface area contributed by atoms with Crippen LogP contribution >= 0.6 is 66.2 Å². The molecule has 0 saturated carbocycles. The molecule has 0 unspecified atom stereocenters. The van der Waals surface area contributed by atoms with E-state index < -0.39 is 57.9 Å². The van der Waals surface area contributed by atoms with Gasteiger partial charge in [0, 0.05) is 193 Å². The summed E-state index contributed by atoms with van der Waals surface area (Å²) in [5.41, 5.74) is 0. The smallest absolute Gasteiger partial charge is 0.250 e. The third-order valence-corrected chi connectivity index (χ3v) is 47.6. The van der Waals surface area contributed by atoms with E-state index in [1.165, 1.54) is 0 Å². The van der Waals surface area contributed by atoms with Crippen molar-refractivity contribution >= 4 is 170 Å². The number of hydrogen-bond acceptors (Lipinski definition) is 6. The summed E-state index contributed by atoms with van der Waals surface area (Å²) in [5.74, 6) is 0. The van der Waals surface area contributed by atoms with Crippen LogP contribution in [0.4, 0.5) is 0 Å². The van der Waals surface area contributed by atoms with Crippen LogP contribution in [-0.2, 0) is 27.4 Å². The summed E-state index contributed by atoms with van der Waals surface area (Å²) in [6.45, 7) is 0. The molecular weight excluding hydrogens is 1850 g/mol. The Hall–Kier alpha value is -9.01. The minimum absolute atomic E-state index is 0. The van der Waals surface area contributed by atoms with Crippen molar-refractivity contribution in [2.75, 3.05) is 18.5 Å². The number of rotatable bonds is 33. The standard InChI is InChI=1S/C43H43N2O2P3.C38H33N2O2P3.C26H23N2O2P3.2CH4.2Ar/c46-49(40-28-14-6-15-29-40,41-30-16-7-17-31-41)44-36-22-2-1-3-23-37-48(38-24-10-4-11-25-38,39-26-12-5-13-27-39)45-50(47,42-32-18-8-19-33-42)43-34-20-9-21-35-43;41-44(35-23-11-3-12-24-35,36-25-13-4-14-26-36)39-31-32-43(33-19-7-1-8-20-33,34-21-9-2-10-22-34)40-45(42,37-27-15-5-16-28-37)38-29-17-6-18-30-38;29-32(23-13-5-1-6-14-23,24-15-7-2-8-16-24)27-21-22-31-28-33(30,25-17-9-3-10-18-25)26-19-11-4-12-20-26;;;;/h4-21,24-36H,1-3,22-23,37H2;1-31H,32H2;1-21H,22H2;2*1H4;;. The first-order chi connectivity index (χ1) is 62.7. The van der Waals surface area contributed by atoms with Crippen molar-refractivity contribution in [1.29, 1.82) is 0 Å². The Bertz CT molecular complexity index is 6310. The molecule has 0 aliphatic rings. The molecule has 0 aliphatic carbocycles. The molecule has 0 spiro atoms. The van der Waals surface area contributed by atoms with Crippen molar-refractivity contribution in [3.05, 3.63) is 485 Å². The summed E-state index contributed by atoms with van der Waals surface area (Å²) < 4.78 is 118. The molecule has 16 rings (SSSR count). The summed E-state index contributed by atoms with van der Waals surface area (Å²) in [6.07, 6.45) is 11.5. The van der Waals surface area contributed by atoms with Crippen LogP contribution in [0.25, 0.3) is 0 Å². The Morgan fingerprint density at radius 2 is 0.379 bits per heavy atom. The first-order valence-electron chi connectivity index (χ1n) is 42.5. The second-order valence-corrected chi connectivity index (χ2v) is 52.5. The van der Waals surface area contributed by atoms with Gasteiger partial charge in [-0.25, -0.2) is 27.8 Å². The van der Waals surface area contributed by atoms with Gasteiger partial charge in [-0.3, -0.25) is 27.4 Å². The van der Waals surface area contributed by atoms with E-state index in [4.69, 9.17) is 18.6 Å². The van der Waals surface area contributed by atoms with Gasteiger partial charge in [-0.15, -0.1) is 0 Å². The first-order valence-corrected chi connectivity index (χ1v) is 57.3. The minimum Gasteiger partial charge on any atom is -0.288 e. The average Bonchev–Trinajstić information content (AvgIpc) is 0.744. The Kier molecular flexibility index (Phi) is 41.5. The summed E-state index contributed by atoms with van der Waals surface area (Å²) >= 11 is 0. The maximum absolute atomic E-state index is 15.5. The fourth-order valence-electron chi connectivity index (χ4n) is 15.0. The maximum atomic E-state index is 15.5. The Balaban J connectivity index is 0.000000206. The van der Waals surface area contributed by atoms with E-state index in [-0.39, 0.29) is 90.3 Å². The quantitative estimate of drug-likeness (QED) is 0.0225. The molecule has 670 valence electrons. The number of unbranched alkanes of at least 4 members (excludes halogenated alkanes) is 4. The normalized spacial score (nSPS) is 11.8. The van der Waals surface area contributed by atoms with E-state index in [0.29, 0.717) is 63.1 Å². The van der Waals surface area contributed by atoms with E-state index in [9.17, 15) is 18.3 Å². The number of hydrogen-bond donors (Lipinski definition) is 0. The van der Waals surface area contributed by atoms with Crippen LogP contribution < -0.4 is 84.9 Å². The predicted octanol–water partition coefficient (Wildman–Crippen LogP) is 24.8. The maximum Gasteiger partial charge on any atom is 0.250 e. The molecule has 23 heteroatoms. The predicted molar refractivity (Wildman–Crippen MR) is 568 cm³/mol. The minimum atomic E-state index is -3.53. The molecule has 0 bridgehead atoms. The van der Waals surface area contributed by atoms with Crippen LogP contribution in [0, 0.1) is 75.5 Å². The van der Waals surface area contributed by atoms with Gasteiger partial charge in [-0.05, 0) is 192 Å². The molecule has 12 nitrogen and oxygen atoms in total. The van der Waals surface area contributed by atoms with Crippen molar-refractivity contribution in [2.45, 2.75) is 47.0 Å². The number of benzene rings is 16. The van der Waals surface area contributed by atoms with Crippen LogP contribution in [-0.4, -0.2) is 37.1 Å². The van der Waals surface area contributed by atoms with E-state index >= 15 is 9.13 Å². The molecular formula is C109H107Ar2N6O6P9. The van der Waals surface area contributed by atoms with E-state index in [0.717, 1.165) is 80.7 Å². The average molecular weight is 1960 g/mol. The fourth-order valence-corrected chi connectivity index (χ4v) is 40.3. The summed E-state index contributed by atoms with van der Waals surface area (Å²) in [7, 11) is -24.5. The number of nitrogens with zero attached hydrogens (tertiary/aromatic N) is 6. The van der Waals surface area contributed by atoms with Crippen molar-refractivity contribution < 1.29 is 103 Å². The van der Waals surface area contributed by atoms with Crippen LogP contribution in [0.5, 0.6) is 0 Å². The molecule has 0 amide bonds. The molecule has 0 aromatic heterocycles. The third kappa shape index (κ3) is 26.2. The second-order valence-electron chi connectivity index (χ2n) is 30.0. The fraction of sp³-hybridized carbons (Fsp3) is 0.0917. The largest absolute Gasteiger partial charge is 0.288 e. The molecule has 0 N–H and O–H groups in total. The third-order valence-electron chi connectivity index (χ3n) is 21.6. The zero-order valence-electron chi connectivity index (χ0n) is 71.4.